The summed E-state index contributed by atoms with van der Waals surface area (Å²) in [6, 6.07) is 27.2. The normalized spacial score (nSPS) is 10.8. The summed E-state index contributed by atoms with van der Waals surface area (Å²) in [4.78, 5) is 0. The first-order chi connectivity index (χ1) is 9.32. The van der Waals surface area contributed by atoms with Crippen LogP contribution in [-0.2, 0) is 21.6 Å². The smallest absolute Gasteiger partial charge is 0.147 e. The number of rotatable bonds is 3. The minimum Gasteiger partial charge on any atom is -0.311 e. The fourth-order valence-electron chi connectivity index (χ4n) is 2.30. The van der Waals surface area contributed by atoms with E-state index in [1.54, 1.807) is 0 Å². The first-order valence-electron chi connectivity index (χ1n) is 6.25. The monoisotopic (exact) mass is 321 g/mol. The van der Waals surface area contributed by atoms with E-state index < -0.39 is 7.14 Å². The van der Waals surface area contributed by atoms with Crippen molar-refractivity contribution in [3.05, 3.63) is 84.9 Å². The van der Waals surface area contributed by atoms with E-state index in [1.165, 1.54) is 0 Å². The van der Waals surface area contributed by atoms with E-state index in [4.69, 9.17) is 0 Å². The van der Waals surface area contributed by atoms with Gasteiger partial charge in [0.05, 0.1) is 0 Å². The summed E-state index contributed by atoms with van der Waals surface area (Å²) in [5.74, 6) is 0. The first-order valence-corrected chi connectivity index (χ1v) is 7.96. The van der Waals surface area contributed by atoms with Crippen LogP contribution in [0.15, 0.2) is 84.9 Å². The Labute approximate surface area is 129 Å². The van der Waals surface area contributed by atoms with Gasteiger partial charge < -0.3 is 4.57 Å². The van der Waals surface area contributed by atoms with Gasteiger partial charge in [0, 0.05) is 27.7 Å². The van der Waals surface area contributed by atoms with Crippen LogP contribution < -0.4 is 15.9 Å². The molecule has 3 rings (SSSR count). The number of benzene rings is 2. The Hall–Kier alpha value is -1.46. The van der Waals surface area contributed by atoms with Crippen molar-refractivity contribution in [2.75, 3.05) is 0 Å². The molecule has 0 unspecified atom stereocenters. The van der Waals surface area contributed by atoms with Crippen LogP contribution in [-0.4, -0.2) is 0 Å². The predicted octanol–water partition coefficient (Wildman–Crippen LogP) is 3.04. The Balaban J connectivity index is 0.00000147. The second kappa shape index (κ2) is 6.33. The summed E-state index contributed by atoms with van der Waals surface area (Å²) < 4.78 is 13.7. The quantitative estimate of drug-likeness (QED) is 0.412. The molecule has 3 heteroatoms. The molecular weight excluding hydrogens is 307 g/mol. The third-order valence-corrected chi connectivity index (χ3v) is 6.32. The van der Waals surface area contributed by atoms with Crippen LogP contribution in [0.3, 0.4) is 0 Å². The molecule has 0 spiro atoms. The second-order valence-corrected chi connectivity index (χ2v) is 7.19. The molecule has 0 amide bonds. The van der Waals surface area contributed by atoms with Crippen LogP contribution in [0.4, 0.5) is 0 Å². The van der Waals surface area contributed by atoms with Gasteiger partial charge in [-0.2, -0.15) is 12.1 Å². The fourth-order valence-corrected chi connectivity index (χ4v) is 4.97. The number of hydrogen-bond acceptors (Lipinski definition) is 1. The number of hydrogen-bond donors (Lipinski definition) is 0. The molecule has 0 aliphatic carbocycles. The molecule has 102 valence electrons. The summed E-state index contributed by atoms with van der Waals surface area (Å²) in [6.07, 6.45) is 0. The van der Waals surface area contributed by atoms with Gasteiger partial charge in [-0.15, -0.1) is 0 Å². The Morgan fingerprint density at radius 1 is 0.700 bits per heavy atom. The van der Waals surface area contributed by atoms with Gasteiger partial charge in [0.15, 0.2) is 0 Å². The Morgan fingerprint density at radius 2 is 1.20 bits per heavy atom. The molecule has 0 aromatic heterocycles. The van der Waals surface area contributed by atoms with Crippen LogP contribution in [0.2, 0.25) is 0 Å². The minimum absolute atomic E-state index is 0. The molecule has 3 aromatic rings. The molecular formula is C17H14FeOP-. The maximum absolute atomic E-state index is 13.7. The molecule has 0 atom stereocenters. The average Bonchev–Trinajstić information content (AvgIpc) is 3.03. The summed E-state index contributed by atoms with van der Waals surface area (Å²) in [6.45, 7) is 0. The molecule has 3 aromatic carbocycles. The van der Waals surface area contributed by atoms with Gasteiger partial charge in [-0.1, -0.05) is 66.0 Å². The summed E-state index contributed by atoms with van der Waals surface area (Å²) in [7, 11) is -2.73. The third-order valence-electron chi connectivity index (χ3n) is 3.25. The fraction of sp³-hybridized carbons (Fsp3) is 0. The van der Waals surface area contributed by atoms with Gasteiger partial charge in [-0.25, -0.2) is 12.1 Å². The van der Waals surface area contributed by atoms with Crippen molar-refractivity contribution in [1.82, 2.24) is 0 Å². The van der Waals surface area contributed by atoms with E-state index in [0.717, 1.165) is 15.9 Å². The maximum Gasteiger partial charge on any atom is 0.147 e. The van der Waals surface area contributed by atoms with Gasteiger partial charge in [-0.3, -0.25) is 0 Å². The maximum atomic E-state index is 13.7. The minimum atomic E-state index is -2.73. The van der Waals surface area contributed by atoms with Crippen molar-refractivity contribution >= 4 is 23.1 Å². The molecule has 20 heavy (non-hydrogen) atoms. The summed E-state index contributed by atoms with van der Waals surface area (Å²) in [5.41, 5.74) is 0. The molecule has 1 nitrogen and oxygen atoms in total. The Bertz CT molecular complexity index is 647. The Morgan fingerprint density at radius 3 is 1.60 bits per heavy atom. The Kier molecular flexibility index (Phi) is 4.73. The van der Waals surface area contributed by atoms with E-state index in [9.17, 15) is 4.57 Å². The van der Waals surface area contributed by atoms with Crippen molar-refractivity contribution < 1.29 is 21.6 Å². The molecule has 0 radical (unpaired) electrons. The SMILES string of the molecule is O=P(c1ccccc1)(c1ccccc1)c1ccc[cH-]1.[Fe]. The van der Waals surface area contributed by atoms with E-state index >= 15 is 0 Å². The van der Waals surface area contributed by atoms with Crippen LogP contribution in [0, 0.1) is 0 Å². The van der Waals surface area contributed by atoms with Crippen LogP contribution in [0.25, 0.3) is 0 Å². The average molecular weight is 321 g/mol. The topological polar surface area (TPSA) is 17.1 Å². The van der Waals surface area contributed by atoms with E-state index in [0.29, 0.717) is 0 Å². The zero-order valence-electron chi connectivity index (χ0n) is 10.8. The zero-order chi connectivity index (χ0) is 13.1. The molecule has 0 aliphatic rings. The molecule has 0 fully saturated rings. The van der Waals surface area contributed by atoms with Gasteiger partial charge in [0.25, 0.3) is 0 Å². The molecule has 0 bridgehead atoms. The van der Waals surface area contributed by atoms with Crippen molar-refractivity contribution in [3.63, 3.8) is 0 Å². The summed E-state index contributed by atoms with van der Waals surface area (Å²) in [5, 5.41) is 2.66. The van der Waals surface area contributed by atoms with Crippen LogP contribution >= 0.6 is 7.14 Å². The van der Waals surface area contributed by atoms with Crippen molar-refractivity contribution in [2.24, 2.45) is 0 Å². The second-order valence-electron chi connectivity index (χ2n) is 4.42. The standard InChI is InChI=1S/C17H14OP.Fe/c18-19(17-13-7-8-14-17,15-9-3-1-4-10-15)16-11-5-2-6-12-16;/h1-14H;/q-1;. The van der Waals surface area contributed by atoms with E-state index in [2.05, 4.69) is 0 Å². The van der Waals surface area contributed by atoms with E-state index in [-0.39, 0.29) is 17.1 Å². The van der Waals surface area contributed by atoms with Gasteiger partial charge in [-0.05, 0) is 0 Å². The molecule has 0 saturated carbocycles. The van der Waals surface area contributed by atoms with E-state index in [1.807, 2.05) is 84.9 Å². The third kappa shape index (κ3) is 2.55. The van der Waals surface area contributed by atoms with Crippen molar-refractivity contribution in [3.8, 4) is 0 Å². The zero-order valence-corrected chi connectivity index (χ0v) is 12.8. The van der Waals surface area contributed by atoms with Crippen molar-refractivity contribution in [2.45, 2.75) is 0 Å². The van der Waals surface area contributed by atoms with Gasteiger partial charge >= 0.3 is 0 Å². The predicted molar refractivity (Wildman–Crippen MR) is 81.4 cm³/mol. The van der Waals surface area contributed by atoms with Gasteiger partial charge in [0.1, 0.15) is 7.14 Å². The summed E-state index contributed by atoms with van der Waals surface area (Å²) >= 11 is 0. The molecule has 0 N–H and O–H groups in total. The van der Waals surface area contributed by atoms with Crippen LogP contribution in [0.5, 0.6) is 0 Å². The van der Waals surface area contributed by atoms with Crippen molar-refractivity contribution in [1.29, 1.82) is 0 Å². The first kappa shape index (κ1) is 14.9. The molecule has 0 saturated heterocycles. The molecule has 0 aliphatic heterocycles. The van der Waals surface area contributed by atoms with Crippen LogP contribution in [0.1, 0.15) is 0 Å². The largest absolute Gasteiger partial charge is 0.311 e. The van der Waals surface area contributed by atoms with Gasteiger partial charge in [0.2, 0.25) is 0 Å². The molecule has 0 heterocycles.